The third-order valence-electron chi connectivity index (χ3n) is 1.32. The fraction of sp³-hybridized carbons (Fsp3) is 0.833. The molecule has 4 N–H and O–H groups in total. The first kappa shape index (κ1) is 9.39. The number of hydrogen-bond acceptors (Lipinski definition) is 3. The van der Waals surface area contributed by atoms with Crippen LogP contribution in [0.15, 0.2) is 0 Å². The van der Waals surface area contributed by atoms with Crippen LogP contribution >= 0.6 is 0 Å². The maximum atomic E-state index is 10.0. The van der Waals surface area contributed by atoms with Crippen molar-refractivity contribution in [2.75, 3.05) is 0 Å². The number of aliphatic carboxylic acids is 1. The Balaban J connectivity index is 3.61. The van der Waals surface area contributed by atoms with Crippen LogP contribution in [0.3, 0.4) is 0 Å². The molecule has 2 atom stereocenters. The van der Waals surface area contributed by atoms with E-state index in [1.54, 1.807) is 6.92 Å². The molecule has 0 rings (SSSR count). The summed E-state index contributed by atoms with van der Waals surface area (Å²) in [5.41, 5.74) is 5.30. The SMILES string of the molecule is CC[C@H](O)[C@@H](N)CC(=O)O. The lowest BCUT2D eigenvalue weighted by atomic mass is 10.1. The topological polar surface area (TPSA) is 83.5 Å². The molecule has 0 aromatic carbocycles. The summed E-state index contributed by atoms with van der Waals surface area (Å²) < 4.78 is 0. The largest absolute Gasteiger partial charge is 0.481 e. The first-order valence-corrected chi connectivity index (χ1v) is 3.23. The van der Waals surface area contributed by atoms with E-state index in [2.05, 4.69) is 0 Å². The summed E-state index contributed by atoms with van der Waals surface area (Å²) >= 11 is 0. The van der Waals surface area contributed by atoms with Crippen molar-refractivity contribution < 1.29 is 15.0 Å². The second-order valence-corrected chi connectivity index (χ2v) is 2.24. The molecular weight excluding hydrogens is 134 g/mol. The van der Waals surface area contributed by atoms with Crippen LogP contribution in [0, 0.1) is 0 Å². The third kappa shape index (κ3) is 3.42. The second-order valence-electron chi connectivity index (χ2n) is 2.24. The van der Waals surface area contributed by atoms with Gasteiger partial charge in [-0.3, -0.25) is 4.79 Å². The van der Waals surface area contributed by atoms with Crippen molar-refractivity contribution in [2.45, 2.75) is 31.9 Å². The smallest absolute Gasteiger partial charge is 0.305 e. The Kier molecular flexibility index (Phi) is 3.99. The van der Waals surface area contributed by atoms with Crippen LogP contribution in [-0.4, -0.2) is 28.3 Å². The van der Waals surface area contributed by atoms with Crippen LogP contribution < -0.4 is 5.73 Å². The molecule has 0 heterocycles. The van der Waals surface area contributed by atoms with E-state index in [0.717, 1.165) is 0 Å². The van der Waals surface area contributed by atoms with Crippen molar-refractivity contribution in [3.63, 3.8) is 0 Å². The van der Waals surface area contributed by atoms with Crippen molar-refractivity contribution in [2.24, 2.45) is 5.73 Å². The van der Waals surface area contributed by atoms with Gasteiger partial charge in [0.15, 0.2) is 0 Å². The number of aliphatic hydroxyl groups is 1. The van der Waals surface area contributed by atoms with E-state index in [1.165, 1.54) is 0 Å². The fourth-order valence-corrected chi connectivity index (χ4v) is 0.640. The summed E-state index contributed by atoms with van der Waals surface area (Å²) in [6.45, 7) is 1.76. The van der Waals surface area contributed by atoms with E-state index in [1.807, 2.05) is 0 Å². The van der Waals surface area contributed by atoms with Gasteiger partial charge < -0.3 is 15.9 Å². The summed E-state index contributed by atoms with van der Waals surface area (Å²) in [5, 5.41) is 17.2. The number of nitrogens with two attached hydrogens (primary N) is 1. The van der Waals surface area contributed by atoms with Crippen molar-refractivity contribution in [1.29, 1.82) is 0 Å². The average Bonchev–Trinajstić information content (AvgIpc) is 1.85. The Morgan fingerprint density at radius 3 is 2.50 bits per heavy atom. The lowest BCUT2D eigenvalue weighted by Gasteiger charge is -2.13. The Morgan fingerprint density at radius 1 is 1.70 bits per heavy atom. The first-order valence-electron chi connectivity index (χ1n) is 3.23. The van der Waals surface area contributed by atoms with Crippen LogP contribution in [0.1, 0.15) is 19.8 Å². The van der Waals surface area contributed by atoms with E-state index >= 15 is 0 Å². The van der Waals surface area contributed by atoms with Gasteiger partial charge in [0.1, 0.15) is 0 Å². The number of aliphatic hydroxyl groups excluding tert-OH is 1. The summed E-state index contributed by atoms with van der Waals surface area (Å²) in [6.07, 6.45) is -0.375. The minimum absolute atomic E-state index is 0.172. The van der Waals surface area contributed by atoms with Crippen LogP contribution in [0.4, 0.5) is 0 Å². The Morgan fingerprint density at radius 2 is 2.20 bits per heavy atom. The minimum atomic E-state index is -0.972. The standard InChI is InChI=1S/C6H13NO3/c1-2-5(8)4(7)3-6(9)10/h4-5,8H,2-3,7H2,1H3,(H,9,10)/t4-,5-/m0/s1. The summed E-state index contributed by atoms with van der Waals surface area (Å²) in [4.78, 5) is 10.0. The molecule has 0 aliphatic carbocycles. The van der Waals surface area contributed by atoms with Gasteiger partial charge >= 0.3 is 5.97 Å². The van der Waals surface area contributed by atoms with Gasteiger partial charge in [-0.15, -0.1) is 0 Å². The van der Waals surface area contributed by atoms with E-state index in [-0.39, 0.29) is 6.42 Å². The highest BCUT2D eigenvalue weighted by molar-refractivity contribution is 5.67. The lowest BCUT2D eigenvalue weighted by molar-refractivity contribution is -0.138. The molecule has 0 aliphatic heterocycles. The molecule has 0 aromatic heterocycles. The monoisotopic (exact) mass is 147 g/mol. The molecule has 4 nitrogen and oxygen atoms in total. The van der Waals surface area contributed by atoms with Gasteiger partial charge in [-0.05, 0) is 6.42 Å². The third-order valence-corrected chi connectivity index (χ3v) is 1.32. The van der Waals surface area contributed by atoms with Gasteiger partial charge in [0.25, 0.3) is 0 Å². The molecule has 0 spiro atoms. The predicted octanol–water partition coefficient (Wildman–Crippen LogP) is -0.441. The highest BCUT2D eigenvalue weighted by Gasteiger charge is 2.15. The van der Waals surface area contributed by atoms with Gasteiger partial charge in [0, 0.05) is 6.04 Å². The van der Waals surface area contributed by atoms with E-state index in [4.69, 9.17) is 15.9 Å². The van der Waals surface area contributed by atoms with Crippen LogP contribution in [-0.2, 0) is 4.79 Å². The first-order chi connectivity index (χ1) is 4.57. The lowest BCUT2D eigenvalue weighted by Crippen LogP contribution is -2.36. The average molecular weight is 147 g/mol. The number of hydrogen-bond donors (Lipinski definition) is 3. The van der Waals surface area contributed by atoms with Crippen molar-refractivity contribution in [3.05, 3.63) is 0 Å². The van der Waals surface area contributed by atoms with Crippen LogP contribution in [0.25, 0.3) is 0 Å². The van der Waals surface area contributed by atoms with Gasteiger partial charge in [0.2, 0.25) is 0 Å². The van der Waals surface area contributed by atoms with E-state index < -0.39 is 18.1 Å². The second kappa shape index (κ2) is 4.24. The summed E-state index contributed by atoms with van der Waals surface area (Å²) in [6, 6.07) is -0.637. The molecule has 60 valence electrons. The highest BCUT2D eigenvalue weighted by Crippen LogP contribution is 1.99. The van der Waals surface area contributed by atoms with Gasteiger partial charge in [-0.1, -0.05) is 6.92 Å². The van der Waals surface area contributed by atoms with Gasteiger partial charge in [-0.25, -0.2) is 0 Å². The predicted molar refractivity (Wildman–Crippen MR) is 36.5 cm³/mol. The van der Waals surface area contributed by atoms with E-state index in [0.29, 0.717) is 6.42 Å². The van der Waals surface area contributed by atoms with Gasteiger partial charge in [-0.2, -0.15) is 0 Å². The molecule has 0 saturated carbocycles. The fourth-order valence-electron chi connectivity index (χ4n) is 0.640. The molecule has 0 radical (unpaired) electrons. The van der Waals surface area contributed by atoms with E-state index in [9.17, 15) is 4.79 Å². The van der Waals surface area contributed by atoms with Crippen LogP contribution in [0.2, 0.25) is 0 Å². The molecule has 0 saturated heterocycles. The molecule has 0 unspecified atom stereocenters. The van der Waals surface area contributed by atoms with Crippen molar-refractivity contribution in [3.8, 4) is 0 Å². The maximum absolute atomic E-state index is 10.0. The molecule has 4 heteroatoms. The number of carboxylic acid groups (broad SMARTS) is 1. The number of carbonyl (C=O) groups is 1. The molecule has 0 aromatic rings. The Hall–Kier alpha value is -0.610. The highest BCUT2D eigenvalue weighted by atomic mass is 16.4. The molecule has 0 fully saturated rings. The minimum Gasteiger partial charge on any atom is -0.481 e. The zero-order valence-electron chi connectivity index (χ0n) is 5.95. The molecule has 0 bridgehead atoms. The Labute approximate surface area is 59.7 Å². The van der Waals surface area contributed by atoms with Crippen molar-refractivity contribution >= 4 is 5.97 Å². The molecule has 0 aliphatic rings. The summed E-state index contributed by atoms with van der Waals surface area (Å²) in [5.74, 6) is -0.972. The van der Waals surface area contributed by atoms with Crippen LogP contribution in [0.5, 0.6) is 0 Å². The number of rotatable bonds is 4. The Bertz CT molecular complexity index is 116. The zero-order chi connectivity index (χ0) is 8.15. The normalized spacial score (nSPS) is 16.3. The summed E-state index contributed by atoms with van der Waals surface area (Å²) in [7, 11) is 0. The zero-order valence-corrected chi connectivity index (χ0v) is 5.95. The molecule has 0 amide bonds. The number of carboxylic acids is 1. The van der Waals surface area contributed by atoms with Gasteiger partial charge in [0.05, 0.1) is 12.5 Å². The molecule has 10 heavy (non-hydrogen) atoms. The van der Waals surface area contributed by atoms with Crippen molar-refractivity contribution in [1.82, 2.24) is 0 Å². The quantitative estimate of drug-likeness (QED) is 0.503. The molecular formula is C6H13NO3. The maximum Gasteiger partial charge on any atom is 0.305 e.